The van der Waals surface area contributed by atoms with Crippen LogP contribution in [0.4, 0.5) is 11.4 Å². The van der Waals surface area contributed by atoms with Crippen LogP contribution in [0, 0.1) is 23.0 Å². The van der Waals surface area contributed by atoms with Gasteiger partial charge >= 0.3 is 0 Å². The van der Waals surface area contributed by atoms with E-state index in [4.69, 9.17) is 0 Å². The number of hydrogen-bond donors (Lipinski definition) is 1. The number of hydrogen-bond acceptors (Lipinski definition) is 3. The summed E-state index contributed by atoms with van der Waals surface area (Å²) in [6, 6.07) is 5.30. The highest BCUT2D eigenvalue weighted by Crippen LogP contribution is 2.32. The normalized spacial score (nSPS) is 14.8. The summed E-state index contributed by atoms with van der Waals surface area (Å²) >= 11 is 0. The third kappa shape index (κ3) is 2.72. The van der Waals surface area contributed by atoms with Gasteiger partial charge in [0.05, 0.1) is 4.92 Å². The lowest BCUT2D eigenvalue weighted by molar-refractivity contribution is -0.384. The molecule has 0 heterocycles. The summed E-state index contributed by atoms with van der Waals surface area (Å²) in [6.07, 6.45) is 3.75. The molecule has 0 aromatic heterocycles. The van der Waals surface area contributed by atoms with Crippen LogP contribution in [-0.4, -0.2) is 11.5 Å². The predicted octanol–water partition coefficient (Wildman–Crippen LogP) is 3.12. The van der Waals surface area contributed by atoms with Gasteiger partial charge in [0.15, 0.2) is 0 Å². The first-order chi connectivity index (χ1) is 7.66. The first-order valence-electron chi connectivity index (χ1n) is 5.66. The molecule has 86 valence electrons. The lowest BCUT2D eigenvalue weighted by Gasteiger charge is -2.06. The van der Waals surface area contributed by atoms with Gasteiger partial charge in [-0.25, -0.2) is 0 Å². The summed E-state index contributed by atoms with van der Waals surface area (Å²) in [6.45, 7) is 2.69. The Morgan fingerprint density at radius 1 is 1.50 bits per heavy atom. The van der Waals surface area contributed by atoms with Crippen molar-refractivity contribution in [1.82, 2.24) is 0 Å². The standard InChI is InChI=1S/C12H16N2O2/c1-9-2-5-11(12(8-9)14(15)16)13-7-6-10-3-4-10/h2,5,8,10,13H,3-4,6-7H2,1H3. The Kier molecular flexibility index (Phi) is 3.08. The van der Waals surface area contributed by atoms with Crippen LogP contribution in [-0.2, 0) is 0 Å². The Balaban J connectivity index is 2.02. The number of nitro groups is 1. The molecule has 1 aliphatic rings. The summed E-state index contributed by atoms with van der Waals surface area (Å²) in [5.41, 5.74) is 1.73. The highest BCUT2D eigenvalue weighted by atomic mass is 16.6. The van der Waals surface area contributed by atoms with E-state index in [0.717, 1.165) is 24.4 Å². The summed E-state index contributed by atoms with van der Waals surface area (Å²) in [5.74, 6) is 0.844. The Morgan fingerprint density at radius 2 is 2.25 bits per heavy atom. The average molecular weight is 220 g/mol. The molecule has 0 radical (unpaired) electrons. The predicted molar refractivity (Wildman–Crippen MR) is 63.7 cm³/mol. The zero-order chi connectivity index (χ0) is 11.5. The van der Waals surface area contributed by atoms with Gasteiger partial charge in [-0.3, -0.25) is 10.1 Å². The second-order valence-corrected chi connectivity index (χ2v) is 4.44. The number of anilines is 1. The van der Waals surface area contributed by atoms with Gasteiger partial charge < -0.3 is 5.32 Å². The van der Waals surface area contributed by atoms with E-state index in [0.29, 0.717) is 5.69 Å². The third-order valence-corrected chi connectivity index (χ3v) is 2.91. The molecule has 1 aliphatic carbocycles. The van der Waals surface area contributed by atoms with Gasteiger partial charge in [-0.1, -0.05) is 18.9 Å². The van der Waals surface area contributed by atoms with E-state index in [2.05, 4.69) is 5.32 Å². The van der Waals surface area contributed by atoms with Gasteiger partial charge in [-0.15, -0.1) is 0 Å². The van der Waals surface area contributed by atoms with Crippen molar-refractivity contribution in [1.29, 1.82) is 0 Å². The maximum Gasteiger partial charge on any atom is 0.292 e. The van der Waals surface area contributed by atoms with Gasteiger partial charge in [0.25, 0.3) is 5.69 Å². The molecular formula is C12H16N2O2. The van der Waals surface area contributed by atoms with Gasteiger partial charge in [-0.05, 0) is 30.9 Å². The Bertz CT molecular complexity index is 400. The van der Waals surface area contributed by atoms with E-state index in [1.54, 1.807) is 12.1 Å². The number of nitrogens with zero attached hydrogens (tertiary/aromatic N) is 1. The molecule has 0 aliphatic heterocycles. The molecule has 1 aromatic rings. The molecule has 0 unspecified atom stereocenters. The Hall–Kier alpha value is -1.58. The number of rotatable bonds is 5. The molecule has 4 nitrogen and oxygen atoms in total. The molecule has 2 rings (SSSR count). The molecule has 1 N–H and O–H groups in total. The van der Waals surface area contributed by atoms with Gasteiger partial charge in [0.1, 0.15) is 5.69 Å². The van der Waals surface area contributed by atoms with Crippen molar-refractivity contribution in [3.8, 4) is 0 Å². The average Bonchev–Trinajstić information content (AvgIpc) is 3.04. The molecular weight excluding hydrogens is 204 g/mol. The first kappa shape index (κ1) is 10.9. The Labute approximate surface area is 94.8 Å². The zero-order valence-corrected chi connectivity index (χ0v) is 9.40. The molecule has 0 saturated heterocycles. The van der Waals surface area contributed by atoms with E-state index in [-0.39, 0.29) is 10.6 Å². The Morgan fingerprint density at radius 3 is 2.88 bits per heavy atom. The van der Waals surface area contributed by atoms with E-state index in [1.807, 2.05) is 13.0 Å². The third-order valence-electron chi connectivity index (χ3n) is 2.91. The quantitative estimate of drug-likeness (QED) is 0.612. The summed E-state index contributed by atoms with van der Waals surface area (Å²) in [5, 5.41) is 14.0. The van der Waals surface area contributed by atoms with Crippen molar-refractivity contribution in [2.24, 2.45) is 5.92 Å². The van der Waals surface area contributed by atoms with Crippen LogP contribution >= 0.6 is 0 Å². The lowest BCUT2D eigenvalue weighted by Crippen LogP contribution is -2.05. The molecule has 0 amide bonds. The van der Waals surface area contributed by atoms with Crippen LogP contribution < -0.4 is 5.32 Å². The highest BCUT2D eigenvalue weighted by Gasteiger charge is 2.21. The van der Waals surface area contributed by atoms with Crippen molar-refractivity contribution in [2.75, 3.05) is 11.9 Å². The van der Waals surface area contributed by atoms with Gasteiger partial charge in [0, 0.05) is 12.6 Å². The molecule has 0 atom stereocenters. The van der Waals surface area contributed by atoms with Crippen LogP contribution in [0.15, 0.2) is 18.2 Å². The van der Waals surface area contributed by atoms with Crippen molar-refractivity contribution < 1.29 is 4.92 Å². The fourth-order valence-electron chi connectivity index (χ4n) is 1.76. The largest absolute Gasteiger partial charge is 0.379 e. The molecule has 0 bridgehead atoms. The summed E-state index contributed by atoms with van der Waals surface area (Å²) < 4.78 is 0. The molecule has 0 spiro atoms. The fraction of sp³-hybridized carbons (Fsp3) is 0.500. The fourth-order valence-corrected chi connectivity index (χ4v) is 1.76. The van der Waals surface area contributed by atoms with Gasteiger partial charge in [0.2, 0.25) is 0 Å². The number of aryl methyl sites for hydroxylation is 1. The SMILES string of the molecule is Cc1ccc(NCCC2CC2)c([N+](=O)[O-])c1. The molecule has 4 heteroatoms. The minimum atomic E-state index is -0.327. The lowest BCUT2D eigenvalue weighted by atomic mass is 10.2. The van der Waals surface area contributed by atoms with E-state index < -0.39 is 0 Å². The molecule has 1 saturated carbocycles. The van der Waals surface area contributed by atoms with E-state index >= 15 is 0 Å². The maximum absolute atomic E-state index is 10.8. The smallest absolute Gasteiger partial charge is 0.292 e. The van der Waals surface area contributed by atoms with Gasteiger partial charge in [-0.2, -0.15) is 0 Å². The van der Waals surface area contributed by atoms with E-state index in [9.17, 15) is 10.1 Å². The summed E-state index contributed by atoms with van der Waals surface area (Å²) in [7, 11) is 0. The molecule has 1 aromatic carbocycles. The first-order valence-corrected chi connectivity index (χ1v) is 5.66. The van der Waals surface area contributed by atoms with Crippen molar-refractivity contribution in [2.45, 2.75) is 26.2 Å². The number of nitro benzene ring substituents is 1. The summed E-state index contributed by atoms with van der Waals surface area (Å²) in [4.78, 5) is 10.5. The number of benzene rings is 1. The van der Waals surface area contributed by atoms with Crippen LogP contribution in [0.1, 0.15) is 24.8 Å². The molecule has 16 heavy (non-hydrogen) atoms. The maximum atomic E-state index is 10.8. The van der Waals surface area contributed by atoms with Crippen LogP contribution in [0.5, 0.6) is 0 Å². The van der Waals surface area contributed by atoms with Crippen LogP contribution in [0.2, 0.25) is 0 Å². The minimum absolute atomic E-state index is 0.177. The van der Waals surface area contributed by atoms with Crippen molar-refractivity contribution >= 4 is 11.4 Å². The molecule has 1 fully saturated rings. The van der Waals surface area contributed by atoms with Crippen LogP contribution in [0.25, 0.3) is 0 Å². The van der Waals surface area contributed by atoms with Crippen molar-refractivity contribution in [3.05, 3.63) is 33.9 Å². The monoisotopic (exact) mass is 220 g/mol. The minimum Gasteiger partial charge on any atom is -0.379 e. The second-order valence-electron chi connectivity index (χ2n) is 4.44. The number of nitrogens with one attached hydrogen (secondary N) is 1. The van der Waals surface area contributed by atoms with Crippen LogP contribution in [0.3, 0.4) is 0 Å². The van der Waals surface area contributed by atoms with E-state index in [1.165, 1.54) is 12.8 Å². The second kappa shape index (κ2) is 4.51. The zero-order valence-electron chi connectivity index (χ0n) is 9.40. The topological polar surface area (TPSA) is 55.2 Å². The highest BCUT2D eigenvalue weighted by molar-refractivity contribution is 5.62. The van der Waals surface area contributed by atoms with Crippen molar-refractivity contribution in [3.63, 3.8) is 0 Å².